The van der Waals surface area contributed by atoms with Crippen LogP contribution in [0.5, 0.6) is 5.75 Å². The van der Waals surface area contributed by atoms with Crippen LogP contribution in [0, 0.1) is 13.8 Å². The third kappa shape index (κ3) is 3.28. The first-order chi connectivity index (χ1) is 9.49. The number of aryl methyl sites for hydroxylation is 2. The van der Waals surface area contributed by atoms with E-state index in [1.165, 1.54) is 5.56 Å². The minimum atomic E-state index is -0.518. The average Bonchev–Trinajstić information content (AvgIpc) is 2.43. The lowest BCUT2D eigenvalue weighted by molar-refractivity contribution is 0.0817. The van der Waals surface area contributed by atoms with Crippen LogP contribution in [0.1, 0.15) is 28.4 Å². The quantitative estimate of drug-likeness (QED) is 0.757. The van der Waals surface area contributed by atoms with Gasteiger partial charge in [0.05, 0.1) is 4.47 Å². The molecule has 1 unspecified atom stereocenters. The highest BCUT2D eigenvalue weighted by atomic mass is 79.9. The summed E-state index contributed by atoms with van der Waals surface area (Å²) in [6.45, 7) is 5.81. The van der Waals surface area contributed by atoms with Gasteiger partial charge < -0.3 is 4.74 Å². The predicted molar refractivity (Wildman–Crippen MR) is 84.5 cm³/mol. The number of Topliss-reactive ketones (excluding diaryl/α,β-unsaturated/α-hetero) is 1. The molecule has 0 fully saturated rings. The van der Waals surface area contributed by atoms with Crippen LogP contribution in [-0.2, 0) is 0 Å². The first kappa shape index (κ1) is 14.8. The summed E-state index contributed by atoms with van der Waals surface area (Å²) in [4.78, 5) is 12.4. The molecule has 0 aliphatic heterocycles. The molecule has 20 heavy (non-hydrogen) atoms. The van der Waals surface area contributed by atoms with Crippen molar-refractivity contribution < 1.29 is 9.53 Å². The molecule has 2 aromatic carbocycles. The topological polar surface area (TPSA) is 26.3 Å². The molecule has 0 aliphatic carbocycles. The van der Waals surface area contributed by atoms with Crippen LogP contribution in [0.3, 0.4) is 0 Å². The standard InChI is InChI=1S/C17H17BrO2/c1-11-8-9-14(10-12(11)2)17(19)13(3)20-16-7-5-4-6-15(16)18/h4-10,13H,1-3H3. The van der Waals surface area contributed by atoms with Crippen LogP contribution in [-0.4, -0.2) is 11.9 Å². The lowest BCUT2D eigenvalue weighted by Gasteiger charge is -2.15. The Kier molecular flexibility index (Phi) is 4.61. The van der Waals surface area contributed by atoms with E-state index in [4.69, 9.17) is 4.74 Å². The Balaban J connectivity index is 2.16. The summed E-state index contributed by atoms with van der Waals surface area (Å²) in [5.74, 6) is 0.668. The largest absolute Gasteiger partial charge is 0.481 e. The lowest BCUT2D eigenvalue weighted by Crippen LogP contribution is -2.24. The fourth-order valence-electron chi connectivity index (χ4n) is 1.91. The van der Waals surface area contributed by atoms with E-state index in [0.717, 1.165) is 10.0 Å². The summed E-state index contributed by atoms with van der Waals surface area (Å²) in [6.07, 6.45) is -0.518. The van der Waals surface area contributed by atoms with E-state index in [1.54, 1.807) is 6.92 Å². The van der Waals surface area contributed by atoms with Gasteiger partial charge in [-0.15, -0.1) is 0 Å². The fourth-order valence-corrected chi connectivity index (χ4v) is 2.29. The Labute approximate surface area is 127 Å². The first-order valence-corrected chi connectivity index (χ1v) is 7.31. The Bertz CT molecular complexity index is 635. The zero-order valence-electron chi connectivity index (χ0n) is 11.8. The molecule has 0 spiro atoms. The number of carbonyl (C=O) groups excluding carboxylic acids is 1. The van der Waals surface area contributed by atoms with Crippen LogP contribution in [0.15, 0.2) is 46.9 Å². The van der Waals surface area contributed by atoms with E-state index < -0.39 is 6.10 Å². The molecule has 2 aromatic rings. The second-order valence-electron chi connectivity index (χ2n) is 4.85. The van der Waals surface area contributed by atoms with Gasteiger partial charge in [0.2, 0.25) is 5.78 Å². The molecule has 0 aromatic heterocycles. The van der Waals surface area contributed by atoms with Crippen molar-refractivity contribution in [1.29, 1.82) is 0 Å². The number of rotatable bonds is 4. The maximum atomic E-state index is 12.4. The number of carbonyl (C=O) groups is 1. The molecule has 0 saturated heterocycles. The number of ether oxygens (including phenoxy) is 1. The average molecular weight is 333 g/mol. The number of hydrogen-bond donors (Lipinski definition) is 0. The highest BCUT2D eigenvalue weighted by Gasteiger charge is 2.18. The third-order valence-electron chi connectivity index (χ3n) is 3.30. The fraction of sp³-hybridized carbons (Fsp3) is 0.235. The van der Waals surface area contributed by atoms with E-state index in [9.17, 15) is 4.79 Å². The van der Waals surface area contributed by atoms with Gasteiger partial charge in [-0.05, 0) is 66.0 Å². The molecule has 3 heteroatoms. The normalized spacial score (nSPS) is 12.0. The number of para-hydroxylation sites is 1. The van der Waals surface area contributed by atoms with Gasteiger partial charge in [-0.1, -0.05) is 24.3 Å². The molecule has 0 radical (unpaired) electrons. The lowest BCUT2D eigenvalue weighted by atomic mass is 10.0. The molecule has 0 bridgehead atoms. The SMILES string of the molecule is Cc1ccc(C(=O)C(C)Oc2ccccc2Br)cc1C. The van der Waals surface area contributed by atoms with Crippen molar-refractivity contribution in [3.05, 3.63) is 63.6 Å². The molecule has 0 heterocycles. The van der Waals surface area contributed by atoms with Crippen LogP contribution in [0.2, 0.25) is 0 Å². The zero-order chi connectivity index (χ0) is 14.7. The van der Waals surface area contributed by atoms with Gasteiger partial charge in [0.1, 0.15) is 5.75 Å². The Hall–Kier alpha value is -1.61. The van der Waals surface area contributed by atoms with Gasteiger partial charge in [0.25, 0.3) is 0 Å². The van der Waals surface area contributed by atoms with Crippen LogP contribution in [0.25, 0.3) is 0 Å². The number of benzene rings is 2. The molecular weight excluding hydrogens is 316 g/mol. The van der Waals surface area contributed by atoms with Crippen LogP contribution < -0.4 is 4.74 Å². The molecule has 1 atom stereocenters. The van der Waals surface area contributed by atoms with Gasteiger partial charge in [-0.2, -0.15) is 0 Å². The zero-order valence-corrected chi connectivity index (χ0v) is 13.4. The van der Waals surface area contributed by atoms with Gasteiger partial charge >= 0.3 is 0 Å². The van der Waals surface area contributed by atoms with Crippen LogP contribution >= 0.6 is 15.9 Å². The summed E-state index contributed by atoms with van der Waals surface area (Å²) in [7, 11) is 0. The highest BCUT2D eigenvalue weighted by Crippen LogP contribution is 2.25. The maximum absolute atomic E-state index is 12.4. The molecule has 0 aliphatic rings. The van der Waals surface area contributed by atoms with Crippen molar-refractivity contribution in [3.8, 4) is 5.75 Å². The third-order valence-corrected chi connectivity index (χ3v) is 3.96. The molecular formula is C17H17BrO2. The van der Waals surface area contributed by atoms with Crippen molar-refractivity contribution in [1.82, 2.24) is 0 Å². The maximum Gasteiger partial charge on any atom is 0.203 e. The van der Waals surface area contributed by atoms with Crippen molar-refractivity contribution in [3.63, 3.8) is 0 Å². The molecule has 104 valence electrons. The smallest absolute Gasteiger partial charge is 0.203 e. The Morgan fingerprint density at radius 2 is 1.80 bits per heavy atom. The Morgan fingerprint density at radius 1 is 1.10 bits per heavy atom. The summed E-state index contributed by atoms with van der Waals surface area (Å²) >= 11 is 3.41. The Morgan fingerprint density at radius 3 is 2.45 bits per heavy atom. The van der Waals surface area contributed by atoms with Gasteiger partial charge in [0.15, 0.2) is 6.10 Å². The summed E-state index contributed by atoms with van der Waals surface area (Å²) in [5, 5.41) is 0. The monoisotopic (exact) mass is 332 g/mol. The van der Waals surface area contributed by atoms with Gasteiger partial charge in [-0.3, -0.25) is 4.79 Å². The van der Waals surface area contributed by atoms with E-state index in [-0.39, 0.29) is 5.78 Å². The number of ketones is 1. The second-order valence-corrected chi connectivity index (χ2v) is 5.71. The van der Waals surface area contributed by atoms with Crippen molar-refractivity contribution in [2.24, 2.45) is 0 Å². The summed E-state index contributed by atoms with van der Waals surface area (Å²) in [6, 6.07) is 13.3. The molecule has 0 saturated carbocycles. The molecule has 0 N–H and O–H groups in total. The van der Waals surface area contributed by atoms with Crippen molar-refractivity contribution in [2.45, 2.75) is 26.9 Å². The predicted octanol–water partition coefficient (Wildman–Crippen LogP) is 4.72. The molecule has 2 rings (SSSR count). The summed E-state index contributed by atoms with van der Waals surface area (Å²) < 4.78 is 6.58. The molecule has 0 amide bonds. The second kappa shape index (κ2) is 6.23. The molecule has 2 nitrogen and oxygen atoms in total. The first-order valence-electron chi connectivity index (χ1n) is 6.51. The van der Waals surface area contributed by atoms with Crippen molar-refractivity contribution in [2.75, 3.05) is 0 Å². The minimum Gasteiger partial charge on any atom is -0.481 e. The van der Waals surface area contributed by atoms with Gasteiger partial charge in [-0.25, -0.2) is 0 Å². The summed E-state index contributed by atoms with van der Waals surface area (Å²) in [5.41, 5.74) is 2.98. The number of hydrogen-bond acceptors (Lipinski definition) is 2. The van der Waals surface area contributed by atoms with E-state index >= 15 is 0 Å². The van der Waals surface area contributed by atoms with E-state index in [2.05, 4.69) is 15.9 Å². The van der Waals surface area contributed by atoms with Crippen molar-refractivity contribution >= 4 is 21.7 Å². The highest BCUT2D eigenvalue weighted by molar-refractivity contribution is 9.10. The van der Waals surface area contributed by atoms with E-state index in [0.29, 0.717) is 11.3 Å². The minimum absolute atomic E-state index is 0.0103. The number of halogens is 1. The van der Waals surface area contributed by atoms with Crippen LogP contribution in [0.4, 0.5) is 0 Å². The van der Waals surface area contributed by atoms with E-state index in [1.807, 2.05) is 56.3 Å². The van der Waals surface area contributed by atoms with Gasteiger partial charge in [0, 0.05) is 5.56 Å².